The van der Waals surface area contributed by atoms with Crippen LogP contribution in [0.2, 0.25) is 0 Å². The summed E-state index contributed by atoms with van der Waals surface area (Å²) in [5.41, 5.74) is 1.29. The van der Waals surface area contributed by atoms with Crippen LogP contribution in [-0.4, -0.2) is 101 Å². The van der Waals surface area contributed by atoms with E-state index in [0.717, 1.165) is 39.3 Å². The Morgan fingerprint density at radius 3 is 1.25 bits per heavy atom. The molecule has 1 rings (SSSR count). The van der Waals surface area contributed by atoms with Crippen LogP contribution in [-0.2, 0) is 19.5 Å². The van der Waals surface area contributed by atoms with Crippen LogP contribution in [0.4, 0.5) is 0 Å². The van der Waals surface area contributed by atoms with Crippen LogP contribution in [0.1, 0.15) is 5.56 Å². The molecule has 0 radical (unpaired) electrons. The molecule has 0 N–H and O–H groups in total. The van der Waals surface area contributed by atoms with E-state index in [2.05, 4.69) is 74.9 Å². The number of nitrogens with zero attached hydrogens (tertiary/aromatic N) is 4. The van der Waals surface area contributed by atoms with Gasteiger partial charge in [-0.05, 0) is 42.3 Å². The van der Waals surface area contributed by atoms with Gasteiger partial charge < -0.3 is 19.6 Å². The van der Waals surface area contributed by atoms with Crippen LogP contribution < -0.4 is 0 Å². The summed E-state index contributed by atoms with van der Waals surface area (Å²) in [4.78, 5) is 9.25. The fourth-order valence-electron chi connectivity index (χ4n) is 1.78. The number of likely N-dealkylation sites (N-methyl/N-ethyl adjacent to an activating group) is 4. The molecular weight excluding hydrogens is 350 g/mol. The second-order valence-corrected chi connectivity index (χ2v) is 6.79. The second kappa shape index (κ2) is 16.2. The average Bonchev–Trinajstić information content (AvgIpc) is 2.50. The molecule has 0 fully saturated rings. The van der Waals surface area contributed by atoms with Gasteiger partial charge in [-0.3, -0.25) is 0 Å². The summed E-state index contributed by atoms with van der Waals surface area (Å²) in [7, 11) is 12.9. The normalized spacial score (nSPS) is 10.8. The molecule has 0 unspecified atom stereocenters. The summed E-state index contributed by atoms with van der Waals surface area (Å²) in [6.45, 7) is 8.93. The van der Waals surface area contributed by atoms with Crippen molar-refractivity contribution in [3.05, 3.63) is 35.9 Å². The third kappa shape index (κ3) is 18.0. The molecule has 0 aromatic heterocycles. The van der Waals surface area contributed by atoms with Crippen LogP contribution >= 0.6 is 0 Å². The monoisotopic (exact) mass is 385 g/mol. The van der Waals surface area contributed by atoms with E-state index in [1.807, 2.05) is 24.3 Å². The minimum absolute atomic E-state index is 0. The van der Waals surface area contributed by atoms with E-state index >= 15 is 0 Å². The first-order chi connectivity index (χ1) is 10.8. The fourth-order valence-corrected chi connectivity index (χ4v) is 1.78. The molecule has 0 amide bonds. The van der Waals surface area contributed by atoms with Gasteiger partial charge in [-0.2, -0.15) is 35.9 Å². The first-order valence-electron chi connectivity index (χ1n) is 8.40. The Bertz CT molecular complexity index is 353. The van der Waals surface area contributed by atoms with E-state index in [-0.39, 0.29) is 19.5 Å². The van der Waals surface area contributed by atoms with E-state index in [0.29, 0.717) is 0 Å². The fraction of sp³-hybridized carbons (Fsp3) is 0.684. The number of hydrogen-bond donors (Lipinski definition) is 0. The van der Waals surface area contributed by atoms with Crippen molar-refractivity contribution in [2.24, 2.45) is 0 Å². The van der Waals surface area contributed by atoms with Crippen molar-refractivity contribution < 1.29 is 19.5 Å². The Hall–Kier alpha value is -0.317. The van der Waals surface area contributed by atoms with Crippen LogP contribution in [0.3, 0.4) is 0 Å². The first-order valence-corrected chi connectivity index (χ1v) is 8.40. The summed E-state index contributed by atoms with van der Waals surface area (Å²) in [6.07, 6.45) is 0. The van der Waals surface area contributed by atoms with Gasteiger partial charge in [0.15, 0.2) is 0 Å². The van der Waals surface area contributed by atoms with E-state index < -0.39 is 0 Å². The Morgan fingerprint density at radius 1 is 0.667 bits per heavy atom. The minimum atomic E-state index is 0. The van der Waals surface area contributed by atoms with E-state index in [1.54, 1.807) is 0 Å². The predicted molar refractivity (Wildman–Crippen MR) is 102 cm³/mol. The largest absolute Gasteiger partial charge is 0.308 e. The maximum absolute atomic E-state index is 2.93. The summed E-state index contributed by atoms with van der Waals surface area (Å²) < 4.78 is 0. The molecule has 0 aliphatic rings. The van der Waals surface area contributed by atoms with Crippen LogP contribution in [0.5, 0.6) is 0 Å². The zero-order valence-electron chi connectivity index (χ0n) is 17.0. The molecule has 0 saturated carbocycles. The molecule has 24 heavy (non-hydrogen) atoms. The van der Waals surface area contributed by atoms with Crippen LogP contribution in [0.25, 0.3) is 0 Å². The van der Waals surface area contributed by atoms with Gasteiger partial charge in [0.2, 0.25) is 0 Å². The molecule has 0 atom stereocenters. The molecule has 0 spiro atoms. The van der Waals surface area contributed by atoms with Gasteiger partial charge in [0.1, 0.15) is 0 Å². The van der Waals surface area contributed by atoms with Crippen molar-refractivity contribution in [3.8, 4) is 0 Å². The Morgan fingerprint density at radius 2 is 1.00 bits per heavy atom. The van der Waals surface area contributed by atoms with Crippen molar-refractivity contribution in [1.29, 1.82) is 0 Å². The smallest absolute Gasteiger partial charge is 0.0107 e. The molecule has 5 heteroatoms. The van der Waals surface area contributed by atoms with Crippen molar-refractivity contribution in [3.63, 3.8) is 0 Å². The standard InChI is InChI=1S/C12H30N4.C7H7.Zn/c1-13(2)7-9-15(5)11-12-16(6)10-8-14(3)4;1-7-5-3-2-4-6-7;/h7-12H2,1-6H3;3-6H,1H3;/q;-1;. The zero-order valence-corrected chi connectivity index (χ0v) is 20.0. The van der Waals surface area contributed by atoms with Crippen molar-refractivity contribution >= 4 is 0 Å². The zero-order chi connectivity index (χ0) is 17.7. The second-order valence-electron chi connectivity index (χ2n) is 6.79. The molecule has 0 aliphatic heterocycles. The molecule has 0 bridgehead atoms. The summed E-state index contributed by atoms with van der Waals surface area (Å²) in [6, 6.07) is 10.8. The summed E-state index contributed by atoms with van der Waals surface area (Å²) >= 11 is 0. The maximum atomic E-state index is 2.93. The minimum Gasteiger partial charge on any atom is -0.308 e. The number of benzene rings is 1. The van der Waals surface area contributed by atoms with E-state index in [1.165, 1.54) is 5.56 Å². The molecule has 4 nitrogen and oxygen atoms in total. The molecule has 136 valence electrons. The maximum Gasteiger partial charge on any atom is 0.0107 e. The predicted octanol–water partition coefficient (Wildman–Crippen LogP) is 1.77. The van der Waals surface area contributed by atoms with Gasteiger partial charge in [-0.25, -0.2) is 0 Å². The van der Waals surface area contributed by atoms with Gasteiger partial charge in [0.05, 0.1) is 0 Å². The molecule has 0 aliphatic carbocycles. The number of hydrogen-bond acceptors (Lipinski definition) is 4. The molecule has 1 aromatic rings. The van der Waals surface area contributed by atoms with Gasteiger partial charge in [-0.1, -0.05) is 6.92 Å². The third-order valence-corrected chi connectivity index (χ3v) is 3.61. The van der Waals surface area contributed by atoms with Gasteiger partial charge in [-0.15, -0.1) is 0 Å². The van der Waals surface area contributed by atoms with E-state index in [9.17, 15) is 0 Å². The SMILES string of the molecule is CN(C)CCN(C)CCN(C)CCN(C)C.Cc1cc[c-]cc1.[Zn]. The summed E-state index contributed by atoms with van der Waals surface area (Å²) in [5.74, 6) is 0. The molecule has 0 saturated heterocycles. The van der Waals surface area contributed by atoms with Gasteiger partial charge in [0, 0.05) is 58.7 Å². The molecular formula is C19H37N4Zn-. The quantitative estimate of drug-likeness (QED) is 0.473. The van der Waals surface area contributed by atoms with Crippen LogP contribution in [0.15, 0.2) is 24.3 Å². The molecule has 1 aromatic carbocycles. The van der Waals surface area contributed by atoms with Gasteiger partial charge in [0.25, 0.3) is 0 Å². The Kier molecular flexibility index (Phi) is 17.5. The van der Waals surface area contributed by atoms with Crippen molar-refractivity contribution in [2.45, 2.75) is 6.92 Å². The summed E-state index contributed by atoms with van der Waals surface area (Å²) in [5, 5.41) is 0. The van der Waals surface area contributed by atoms with Crippen molar-refractivity contribution in [2.75, 3.05) is 81.6 Å². The average molecular weight is 387 g/mol. The first kappa shape index (κ1) is 25.9. The Balaban J connectivity index is 0. The van der Waals surface area contributed by atoms with Crippen LogP contribution in [0, 0.1) is 13.0 Å². The third-order valence-electron chi connectivity index (χ3n) is 3.61. The van der Waals surface area contributed by atoms with Crippen molar-refractivity contribution in [1.82, 2.24) is 19.6 Å². The van der Waals surface area contributed by atoms with E-state index in [4.69, 9.17) is 0 Å². The molecule has 0 heterocycles. The number of rotatable bonds is 9. The Labute approximate surface area is 163 Å². The van der Waals surface area contributed by atoms with Gasteiger partial charge >= 0.3 is 0 Å². The number of aryl methyl sites for hydroxylation is 1. The topological polar surface area (TPSA) is 13.0 Å².